The highest BCUT2D eigenvalue weighted by Crippen LogP contribution is 2.34. The van der Waals surface area contributed by atoms with Crippen molar-refractivity contribution in [2.24, 2.45) is 0 Å². The highest BCUT2D eigenvalue weighted by molar-refractivity contribution is 9.11. The molecule has 0 atom stereocenters. The molecule has 0 saturated carbocycles. The number of nitrogen functional groups attached to an aromatic ring is 1. The Morgan fingerprint density at radius 2 is 1.55 bits per heavy atom. The van der Waals surface area contributed by atoms with Crippen LogP contribution in [0.4, 0.5) is 15.8 Å². The van der Waals surface area contributed by atoms with Gasteiger partial charge in [0.1, 0.15) is 5.82 Å². The van der Waals surface area contributed by atoms with E-state index in [1.807, 2.05) is 0 Å². The Morgan fingerprint density at radius 3 is 2.05 bits per heavy atom. The van der Waals surface area contributed by atoms with Gasteiger partial charge < -0.3 is 5.73 Å². The number of rotatable bonds is 3. The lowest BCUT2D eigenvalue weighted by Gasteiger charge is -2.12. The van der Waals surface area contributed by atoms with E-state index in [4.69, 9.17) is 5.73 Å². The average molecular weight is 424 g/mol. The van der Waals surface area contributed by atoms with Gasteiger partial charge in [-0.3, -0.25) is 4.72 Å². The number of hydrogen-bond donors (Lipinski definition) is 2. The Kier molecular flexibility index (Phi) is 4.36. The monoisotopic (exact) mass is 422 g/mol. The first-order valence-electron chi connectivity index (χ1n) is 5.32. The minimum absolute atomic E-state index is 0.0328. The summed E-state index contributed by atoms with van der Waals surface area (Å²) in [4.78, 5) is -0.0328. The molecule has 0 aliphatic carbocycles. The number of sulfonamides is 1. The van der Waals surface area contributed by atoms with Crippen molar-refractivity contribution in [2.75, 3.05) is 10.5 Å². The van der Waals surface area contributed by atoms with Gasteiger partial charge in [0.05, 0.1) is 10.6 Å². The summed E-state index contributed by atoms with van der Waals surface area (Å²) in [5.41, 5.74) is 6.44. The van der Waals surface area contributed by atoms with Crippen LogP contribution >= 0.6 is 31.9 Å². The van der Waals surface area contributed by atoms with Crippen molar-refractivity contribution < 1.29 is 12.8 Å². The normalized spacial score (nSPS) is 11.3. The highest BCUT2D eigenvalue weighted by Gasteiger charge is 2.17. The second kappa shape index (κ2) is 5.71. The molecule has 0 aliphatic heterocycles. The van der Waals surface area contributed by atoms with Crippen LogP contribution < -0.4 is 10.5 Å². The quantitative estimate of drug-likeness (QED) is 0.738. The van der Waals surface area contributed by atoms with Crippen molar-refractivity contribution in [3.05, 3.63) is 51.2 Å². The van der Waals surface area contributed by atoms with Gasteiger partial charge in [-0.2, -0.15) is 0 Å². The zero-order valence-corrected chi connectivity index (χ0v) is 13.9. The van der Waals surface area contributed by atoms with E-state index in [1.54, 1.807) is 12.1 Å². The molecule has 0 spiro atoms. The van der Waals surface area contributed by atoms with Crippen LogP contribution in [0.2, 0.25) is 0 Å². The Balaban J connectivity index is 2.41. The number of halogens is 3. The van der Waals surface area contributed by atoms with E-state index < -0.39 is 15.8 Å². The number of nitrogens with two attached hydrogens (primary N) is 1. The molecule has 0 amide bonds. The molecule has 2 aromatic carbocycles. The molecule has 8 heteroatoms. The smallest absolute Gasteiger partial charge is 0.261 e. The summed E-state index contributed by atoms with van der Waals surface area (Å²) in [5.74, 6) is -0.501. The van der Waals surface area contributed by atoms with Crippen molar-refractivity contribution >= 4 is 53.3 Å². The first-order valence-corrected chi connectivity index (χ1v) is 8.39. The Bertz CT molecular complexity index is 726. The molecule has 2 aromatic rings. The summed E-state index contributed by atoms with van der Waals surface area (Å²) in [6.45, 7) is 0. The van der Waals surface area contributed by atoms with Crippen molar-refractivity contribution in [3.8, 4) is 0 Å². The van der Waals surface area contributed by atoms with Crippen LogP contribution in [-0.2, 0) is 10.0 Å². The number of benzene rings is 2. The van der Waals surface area contributed by atoms with Crippen LogP contribution in [0.25, 0.3) is 0 Å². The molecule has 0 saturated heterocycles. The van der Waals surface area contributed by atoms with E-state index in [1.165, 1.54) is 12.1 Å². The molecular weight excluding hydrogens is 415 g/mol. The van der Waals surface area contributed by atoms with Gasteiger partial charge >= 0.3 is 0 Å². The molecular formula is C12H9Br2FN2O2S. The second-order valence-corrected chi connectivity index (χ2v) is 7.31. The molecule has 0 fully saturated rings. The fourth-order valence-electron chi connectivity index (χ4n) is 1.50. The van der Waals surface area contributed by atoms with Gasteiger partial charge in [0.25, 0.3) is 10.0 Å². The van der Waals surface area contributed by atoms with Gasteiger partial charge in [-0.1, -0.05) is 0 Å². The van der Waals surface area contributed by atoms with Crippen molar-refractivity contribution in [3.63, 3.8) is 0 Å². The molecule has 0 bridgehead atoms. The predicted octanol–water partition coefficient (Wildman–Crippen LogP) is 3.73. The maximum absolute atomic E-state index is 12.8. The first kappa shape index (κ1) is 15.3. The molecule has 2 rings (SSSR count). The van der Waals surface area contributed by atoms with Crippen LogP contribution in [-0.4, -0.2) is 8.42 Å². The third-order valence-electron chi connectivity index (χ3n) is 2.42. The number of hydrogen-bond acceptors (Lipinski definition) is 3. The molecule has 3 N–H and O–H groups in total. The third-order valence-corrected chi connectivity index (χ3v) is 5.04. The van der Waals surface area contributed by atoms with Crippen LogP contribution in [0.15, 0.2) is 50.2 Å². The fraction of sp³-hybridized carbons (Fsp3) is 0. The number of nitrogens with one attached hydrogen (secondary N) is 1. The van der Waals surface area contributed by atoms with Crippen molar-refractivity contribution in [1.82, 2.24) is 0 Å². The molecule has 0 aliphatic rings. The second-order valence-electron chi connectivity index (χ2n) is 3.92. The van der Waals surface area contributed by atoms with Gasteiger partial charge in [0.2, 0.25) is 0 Å². The van der Waals surface area contributed by atoms with E-state index in [2.05, 4.69) is 36.6 Å². The molecule has 0 heterocycles. The Morgan fingerprint density at radius 1 is 1.05 bits per heavy atom. The minimum atomic E-state index is -3.81. The van der Waals surface area contributed by atoms with Crippen LogP contribution in [0.1, 0.15) is 0 Å². The summed E-state index contributed by atoms with van der Waals surface area (Å²) in [5, 5.41) is 0. The van der Waals surface area contributed by atoms with E-state index in [0.717, 1.165) is 12.1 Å². The molecule has 0 radical (unpaired) electrons. The Hall–Kier alpha value is -1.12. The predicted molar refractivity (Wildman–Crippen MR) is 83.5 cm³/mol. The molecule has 4 nitrogen and oxygen atoms in total. The zero-order chi connectivity index (χ0) is 14.9. The fourth-order valence-corrected chi connectivity index (χ4v) is 4.28. The summed E-state index contributed by atoms with van der Waals surface area (Å²) in [6.07, 6.45) is 0. The van der Waals surface area contributed by atoms with Gasteiger partial charge in [-0.25, -0.2) is 12.8 Å². The van der Waals surface area contributed by atoms with Crippen LogP contribution in [0, 0.1) is 5.82 Å². The molecule has 0 unspecified atom stereocenters. The van der Waals surface area contributed by atoms with Crippen LogP contribution in [0.3, 0.4) is 0 Å². The van der Waals surface area contributed by atoms with E-state index in [9.17, 15) is 12.8 Å². The van der Waals surface area contributed by atoms with Gasteiger partial charge in [0.15, 0.2) is 0 Å². The largest absolute Gasteiger partial charge is 0.399 e. The lowest BCUT2D eigenvalue weighted by Crippen LogP contribution is -2.14. The SMILES string of the molecule is Nc1cc(Br)c(NS(=O)(=O)c2ccc(F)cc2)c(Br)c1. The summed E-state index contributed by atoms with van der Waals surface area (Å²) in [7, 11) is -3.81. The summed E-state index contributed by atoms with van der Waals surface area (Å²) < 4.78 is 40.6. The van der Waals surface area contributed by atoms with Crippen molar-refractivity contribution in [2.45, 2.75) is 4.90 Å². The third kappa shape index (κ3) is 3.31. The Labute approximate surface area is 132 Å². The lowest BCUT2D eigenvalue weighted by atomic mass is 10.3. The standard InChI is InChI=1S/C12H9Br2FN2O2S/c13-10-5-8(16)6-11(14)12(10)17-20(18,19)9-3-1-7(15)2-4-9/h1-6,17H,16H2. The van der Waals surface area contributed by atoms with Gasteiger partial charge in [-0.05, 0) is 68.3 Å². The van der Waals surface area contributed by atoms with Crippen LogP contribution in [0.5, 0.6) is 0 Å². The molecule has 0 aromatic heterocycles. The molecule has 20 heavy (non-hydrogen) atoms. The van der Waals surface area contributed by atoms with Gasteiger partial charge in [0, 0.05) is 14.6 Å². The maximum Gasteiger partial charge on any atom is 0.261 e. The van der Waals surface area contributed by atoms with Crippen molar-refractivity contribution in [1.29, 1.82) is 0 Å². The topological polar surface area (TPSA) is 72.2 Å². The van der Waals surface area contributed by atoms with Gasteiger partial charge in [-0.15, -0.1) is 0 Å². The zero-order valence-electron chi connectivity index (χ0n) is 9.90. The van der Waals surface area contributed by atoms with E-state index in [-0.39, 0.29) is 4.90 Å². The summed E-state index contributed by atoms with van der Waals surface area (Å²) >= 11 is 6.48. The maximum atomic E-state index is 12.8. The summed E-state index contributed by atoms with van der Waals surface area (Å²) in [6, 6.07) is 7.71. The van der Waals surface area contributed by atoms with E-state index >= 15 is 0 Å². The average Bonchev–Trinajstić information content (AvgIpc) is 2.34. The highest BCUT2D eigenvalue weighted by atomic mass is 79.9. The molecule has 106 valence electrons. The first-order chi connectivity index (χ1) is 9.29. The number of anilines is 2. The minimum Gasteiger partial charge on any atom is -0.399 e. The lowest BCUT2D eigenvalue weighted by molar-refractivity contribution is 0.599. The van der Waals surface area contributed by atoms with E-state index in [0.29, 0.717) is 20.3 Å².